The number of rotatable bonds is 3. The van der Waals surface area contributed by atoms with Crippen LogP contribution in [-0.2, 0) is 0 Å². The standard InChI is InChI=1S/C17H16N2O2/c1-3-21-15-6-4-5-13-11(2)9-14(19-17(13)15)12-7-8-16(20)18-10-12/h4-10H,3H2,1-2H3,(H,18,20). The molecule has 0 aliphatic heterocycles. The van der Waals surface area contributed by atoms with Gasteiger partial charge in [-0.2, -0.15) is 0 Å². The first-order chi connectivity index (χ1) is 10.2. The van der Waals surface area contributed by atoms with Crippen LogP contribution in [0, 0.1) is 6.92 Å². The number of ether oxygens (including phenoxy) is 1. The van der Waals surface area contributed by atoms with Gasteiger partial charge >= 0.3 is 0 Å². The molecule has 0 aliphatic rings. The average molecular weight is 280 g/mol. The number of hydrogen-bond acceptors (Lipinski definition) is 3. The first-order valence-corrected chi connectivity index (χ1v) is 6.91. The molecule has 0 amide bonds. The smallest absolute Gasteiger partial charge is 0.247 e. The molecule has 0 atom stereocenters. The second-order valence-electron chi connectivity index (χ2n) is 4.85. The van der Waals surface area contributed by atoms with Gasteiger partial charge in [0.2, 0.25) is 5.56 Å². The third kappa shape index (κ3) is 2.52. The Kier molecular flexibility index (Phi) is 3.44. The minimum Gasteiger partial charge on any atom is -0.492 e. The molecule has 2 heterocycles. The summed E-state index contributed by atoms with van der Waals surface area (Å²) in [5, 5.41) is 1.08. The van der Waals surface area contributed by atoms with Crippen molar-refractivity contribution < 1.29 is 4.74 Å². The van der Waals surface area contributed by atoms with E-state index in [-0.39, 0.29) is 5.56 Å². The lowest BCUT2D eigenvalue weighted by Crippen LogP contribution is -2.02. The van der Waals surface area contributed by atoms with Gasteiger partial charge in [0, 0.05) is 23.2 Å². The molecule has 0 bridgehead atoms. The highest BCUT2D eigenvalue weighted by Crippen LogP contribution is 2.29. The number of hydrogen-bond donors (Lipinski definition) is 1. The topological polar surface area (TPSA) is 55.0 Å². The van der Waals surface area contributed by atoms with E-state index in [0.29, 0.717) is 6.61 Å². The first kappa shape index (κ1) is 13.4. The summed E-state index contributed by atoms with van der Waals surface area (Å²) in [7, 11) is 0. The zero-order chi connectivity index (χ0) is 14.8. The molecule has 4 heteroatoms. The van der Waals surface area contributed by atoms with E-state index in [1.807, 2.05) is 31.2 Å². The van der Waals surface area contributed by atoms with Crippen molar-refractivity contribution in [2.45, 2.75) is 13.8 Å². The van der Waals surface area contributed by atoms with E-state index in [0.717, 1.165) is 33.5 Å². The van der Waals surface area contributed by atoms with E-state index in [1.54, 1.807) is 12.3 Å². The van der Waals surface area contributed by atoms with Crippen LogP contribution in [0.2, 0.25) is 0 Å². The van der Waals surface area contributed by atoms with Gasteiger partial charge in [-0.3, -0.25) is 4.79 Å². The number of aromatic amines is 1. The molecule has 3 rings (SSSR count). The summed E-state index contributed by atoms with van der Waals surface area (Å²) in [4.78, 5) is 18.6. The van der Waals surface area contributed by atoms with Crippen molar-refractivity contribution in [2.75, 3.05) is 6.61 Å². The molecule has 0 saturated carbocycles. The number of H-pyrrole nitrogens is 1. The Balaban J connectivity index is 2.23. The number of fused-ring (bicyclic) bond motifs is 1. The molecule has 21 heavy (non-hydrogen) atoms. The van der Waals surface area contributed by atoms with Crippen molar-refractivity contribution >= 4 is 10.9 Å². The normalized spacial score (nSPS) is 10.8. The zero-order valence-corrected chi connectivity index (χ0v) is 12.0. The van der Waals surface area contributed by atoms with E-state index < -0.39 is 0 Å². The minimum absolute atomic E-state index is 0.119. The Morgan fingerprint density at radius 2 is 2.10 bits per heavy atom. The molecular formula is C17H16N2O2. The number of para-hydroxylation sites is 1. The van der Waals surface area contributed by atoms with Crippen LogP contribution in [0.15, 0.2) is 47.4 Å². The van der Waals surface area contributed by atoms with E-state index in [2.05, 4.69) is 11.9 Å². The van der Waals surface area contributed by atoms with E-state index in [1.165, 1.54) is 6.07 Å². The van der Waals surface area contributed by atoms with Gasteiger partial charge in [-0.15, -0.1) is 0 Å². The molecule has 106 valence electrons. The molecule has 0 unspecified atom stereocenters. The van der Waals surface area contributed by atoms with E-state index in [9.17, 15) is 4.79 Å². The third-order valence-electron chi connectivity index (χ3n) is 3.39. The lowest BCUT2D eigenvalue weighted by atomic mass is 10.1. The SMILES string of the molecule is CCOc1cccc2c(C)cc(-c3ccc(=O)[nH]c3)nc12. The van der Waals surface area contributed by atoms with Crippen molar-refractivity contribution in [3.05, 3.63) is 58.5 Å². The number of nitrogens with zero attached hydrogens (tertiary/aromatic N) is 1. The maximum atomic E-state index is 11.2. The summed E-state index contributed by atoms with van der Waals surface area (Å²) in [5.41, 5.74) is 3.56. The molecule has 1 N–H and O–H groups in total. The maximum Gasteiger partial charge on any atom is 0.247 e. The van der Waals surface area contributed by atoms with E-state index in [4.69, 9.17) is 9.72 Å². The molecule has 0 fully saturated rings. The predicted molar refractivity (Wildman–Crippen MR) is 83.7 cm³/mol. The van der Waals surface area contributed by atoms with Gasteiger partial charge < -0.3 is 9.72 Å². The van der Waals surface area contributed by atoms with Gasteiger partial charge in [-0.05, 0) is 37.6 Å². The number of aryl methyl sites for hydroxylation is 1. The molecule has 3 aromatic rings. The average Bonchev–Trinajstić information content (AvgIpc) is 2.49. The van der Waals surface area contributed by atoms with Gasteiger partial charge in [0.05, 0.1) is 12.3 Å². The Bertz CT molecular complexity index is 833. The van der Waals surface area contributed by atoms with Gasteiger partial charge in [-0.25, -0.2) is 4.98 Å². The van der Waals surface area contributed by atoms with Crippen LogP contribution in [0.1, 0.15) is 12.5 Å². The largest absolute Gasteiger partial charge is 0.492 e. The summed E-state index contributed by atoms with van der Waals surface area (Å²) in [6.07, 6.45) is 1.68. The first-order valence-electron chi connectivity index (χ1n) is 6.91. The summed E-state index contributed by atoms with van der Waals surface area (Å²) in [6, 6.07) is 11.2. The lowest BCUT2D eigenvalue weighted by molar-refractivity contribution is 0.343. The van der Waals surface area contributed by atoms with Crippen LogP contribution in [0.5, 0.6) is 5.75 Å². The summed E-state index contributed by atoms with van der Waals surface area (Å²) >= 11 is 0. The van der Waals surface area contributed by atoms with Crippen LogP contribution in [-0.4, -0.2) is 16.6 Å². The summed E-state index contributed by atoms with van der Waals surface area (Å²) in [6.45, 7) is 4.61. The van der Waals surface area contributed by atoms with Crippen LogP contribution in [0.4, 0.5) is 0 Å². The van der Waals surface area contributed by atoms with Gasteiger partial charge in [-0.1, -0.05) is 12.1 Å². The van der Waals surface area contributed by atoms with Gasteiger partial charge in [0.1, 0.15) is 11.3 Å². The number of pyridine rings is 2. The molecule has 0 spiro atoms. The van der Waals surface area contributed by atoms with Crippen LogP contribution < -0.4 is 10.3 Å². The fraction of sp³-hybridized carbons (Fsp3) is 0.176. The van der Waals surface area contributed by atoms with Crippen LogP contribution in [0.25, 0.3) is 22.2 Å². The Labute approximate surface area is 122 Å². The third-order valence-corrected chi connectivity index (χ3v) is 3.39. The minimum atomic E-state index is -0.119. The van der Waals surface area contributed by atoms with Gasteiger partial charge in [0.15, 0.2) is 0 Å². The number of nitrogens with one attached hydrogen (secondary N) is 1. The summed E-state index contributed by atoms with van der Waals surface area (Å²) in [5.74, 6) is 0.782. The molecule has 1 aromatic carbocycles. The second kappa shape index (κ2) is 5.40. The summed E-state index contributed by atoms with van der Waals surface area (Å²) < 4.78 is 5.66. The van der Waals surface area contributed by atoms with Crippen LogP contribution in [0.3, 0.4) is 0 Å². The highest BCUT2D eigenvalue weighted by molar-refractivity contribution is 5.89. The van der Waals surface area contributed by atoms with Gasteiger partial charge in [0.25, 0.3) is 0 Å². The van der Waals surface area contributed by atoms with Crippen molar-refractivity contribution in [3.8, 4) is 17.0 Å². The van der Waals surface area contributed by atoms with Crippen molar-refractivity contribution in [3.63, 3.8) is 0 Å². The lowest BCUT2D eigenvalue weighted by Gasteiger charge is -2.10. The Hall–Kier alpha value is -2.62. The van der Waals surface area contributed by atoms with Crippen molar-refractivity contribution in [1.82, 2.24) is 9.97 Å². The molecule has 4 nitrogen and oxygen atoms in total. The van der Waals surface area contributed by atoms with Crippen molar-refractivity contribution in [2.24, 2.45) is 0 Å². The van der Waals surface area contributed by atoms with Crippen LogP contribution >= 0.6 is 0 Å². The quantitative estimate of drug-likeness (QED) is 0.801. The molecule has 0 saturated heterocycles. The number of aromatic nitrogens is 2. The fourth-order valence-corrected chi connectivity index (χ4v) is 2.38. The highest BCUT2D eigenvalue weighted by atomic mass is 16.5. The van der Waals surface area contributed by atoms with E-state index >= 15 is 0 Å². The molecule has 0 radical (unpaired) electrons. The maximum absolute atomic E-state index is 11.2. The molecular weight excluding hydrogens is 264 g/mol. The fourth-order valence-electron chi connectivity index (χ4n) is 2.38. The molecule has 2 aromatic heterocycles. The zero-order valence-electron chi connectivity index (χ0n) is 12.0. The molecule has 0 aliphatic carbocycles. The Morgan fingerprint density at radius 3 is 2.81 bits per heavy atom. The number of benzene rings is 1. The highest BCUT2D eigenvalue weighted by Gasteiger charge is 2.09. The Morgan fingerprint density at radius 1 is 1.24 bits per heavy atom. The predicted octanol–water partition coefficient (Wildman–Crippen LogP) is 3.30. The monoisotopic (exact) mass is 280 g/mol. The van der Waals surface area contributed by atoms with Crippen molar-refractivity contribution in [1.29, 1.82) is 0 Å². The second-order valence-corrected chi connectivity index (χ2v) is 4.85.